The normalized spacial score (nSPS) is 19.8. The molecule has 2 aromatic rings. The molecule has 1 amide bonds. The Hall–Kier alpha value is -2.49. The smallest absolute Gasteiger partial charge is 0.373 e. The van der Waals surface area contributed by atoms with Crippen LogP contribution in [-0.4, -0.2) is 49.0 Å². The molecule has 2 aromatic heterocycles. The average molecular weight is 372 g/mol. The first kappa shape index (κ1) is 18.3. The molecule has 1 aliphatic rings. The second-order valence-corrected chi connectivity index (χ2v) is 6.43. The number of pyridine rings is 1. The highest BCUT2D eigenvalue weighted by molar-refractivity contribution is 5.85. The number of aromatic nitrogens is 3. The van der Waals surface area contributed by atoms with Gasteiger partial charge in [0.25, 0.3) is 5.91 Å². The van der Waals surface area contributed by atoms with Gasteiger partial charge in [-0.25, -0.2) is 14.1 Å². The van der Waals surface area contributed by atoms with Gasteiger partial charge >= 0.3 is 6.18 Å². The van der Waals surface area contributed by atoms with Gasteiger partial charge in [0.15, 0.2) is 11.6 Å². The van der Waals surface area contributed by atoms with Gasteiger partial charge in [-0.15, -0.1) is 0 Å². The lowest BCUT2D eigenvalue weighted by molar-refractivity contribution is -0.250. The lowest BCUT2D eigenvalue weighted by atomic mass is 9.95. The number of aliphatic hydroxyl groups is 1. The quantitative estimate of drug-likeness (QED) is 0.821. The molecule has 3 rings (SSSR count). The molecule has 0 spiro atoms. The third-order valence-electron chi connectivity index (χ3n) is 4.40. The van der Waals surface area contributed by atoms with Gasteiger partial charge in [0.05, 0.1) is 11.9 Å². The molecule has 26 heavy (non-hydrogen) atoms. The van der Waals surface area contributed by atoms with Crippen LogP contribution in [-0.2, 0) is 11.3 Å². The van der Waals surface area contributed by atoms with Crippen LogP contribution in [0.2, 0.25) is 0 Å². The minimum Gasteiger partial charge on any atom is -0.373 e. The van der Waals surface area contributed by atoms with Crippen molar-refractivity contribution in [1.29, 1.82) is 0 Å². The summed E-state index contributed by atoms with van der Waals surface area (Å²) in [5.74, 6) is -2.48. The van der Waals surface area contributed by atoms with Crippen molar-refractivity contribution in [3.8, 4) is 5.82 Å². The third kappa shape index (κ3) is 2.83. The van der Waals surface area contributed by atoms with E-state index >= 15 is 0 Å². The predicted octanol–water partition coefficient (Wildman–Crippen LogP) is 2.17. The number of carbonyl (C=O) groups excluding carboxylic acids is 1. The largest absolute Gasteiger partial charge is 0.426 e. The van der Waals surface area contributed by atoms with Gasteiger partial charge in [-0.2, -0.15) is 18.3 Å². The number of amides is 1. The minimum atomic E-state index is -5.09. The van der Waals surface area contributed by atoms with E-state index in [9.17, 15) is 27.5 Å². The Morgan fingerprint density at radius 3 is 2.69 bits per heavy atom. The Balaban J connectivity index is 1.94. The molecular formula is C16H16F4N4O2. The lowest BCUT2D eigenvalue weighted by Gasteiger charge is -2.36. The maximum absolute atomic E-state index is 14.0. The second-order valence-electron chi connectivity index (χ2n) is 6.43. The van der Waals surface area contributed by atoms with Crippen LogP contribution in [0.25, 0.3) is 5.82 Å². The molecule has 0 saturated carbocycles. The van der Waals surface area contributed by atoms with Crippen molar-refractivity contribution in [2.24, 2.45) is 0 Å². The molecule has 0 radical (unpaired) electrons. The number of hydrogen-bond donors (Lipinski definition) is 1. The van der Waals surface area contributed by atoms with Gasteiger partial charge in [0.1, 0.15) is 0 Å². The fourth-order valence-corrected chi connectivity index (χ4v) is 3.01. The van der Waals surface area contributed by atoms with Gasteiger partial charge < -0.3 is 10.0 Å². The van der Waals surface area contributed by atoms with Crippen molar-refractivity contribution < 1.29 is 27.5 Å². The van der Waals surface area contributed by atoms with E-state index in [1.54, 1.807) is 6.92 Å². The van der Waals surface area contributed by atoms with E-state index in [0.717, 1.165) is 4.90 Å². The van der Waals surface area contributed by atoms with Crippen LogP contribution in [0, 0.1) is 5.82 Å². The molecule has 0 aromatic carbocycles. The van der Waals surface area contributed by atoms with E-state index in [-0.39, 0.29) is 18.9 Å². The Bertz CT molecular complexity index is 847. The first-order valence-electron chi connectivity index (χ1n) is 7.80. The summed E-state index contributed by atoms with van der Waals surface area (Å²) in [6.45, 7) is 1.87. The summed E-state index contributed by atoms with van der Waals surface area (Å²) >= 11 is 0. The molecule has 0 aliphatic carbocycles. The maximum atomic E-state index is 14.0. The number of hydrogen-bond acceptors (Lipinski definition) is 4. The van der Waals surface area contributed by atoms with E-state index in [2.05, 4.69) is 10.1 Å². The van der Waals surface area contributed by atoms with Crippen LogP contribution >= 0.6 is 0 Å². The molecule has 1 N–H and O–H groups in total. The van der Waals surface area contributed by atoms with Crippen molar-refractivity contribution in [2.75, 3.05) is 6.54 Å². The fraction of sp³-hybridized carbons (Fsp3) is 0.438. The second kappa shape index (κ2) is 6.04. The average Bonchev–Trinajstić information content (AvgIpc) is 2.97. The van der Waals surface area contributed by atoms with Crippen molar-refractivity contribution >= 4 is 5.91 Å². The van der Waals surface area contributed by atoms with Crippen molar-refractivity contribution in [2.45, 2.75) is 38.1 Å². The molecule has 6 nitrogen and oxygen atoms in total. The number of fused-ring (bicyclic) bond motifs is 1. The predicted molar refractivity (Wildman–Crippen MR) is 81.8 cm³/mol. The molecule has 1 unspecified atom stereocenters. The summed E-state index contributed by atoms with van der Waals surface area (Å²) in [6.07, 6.45) is -2.33. The van der Waals surface area contributed by atoms with Crippen LogP contribution in [0.15, 0.2) is 24.5 Å². The van der Waals surface area contributed by atoms with Crippen molar-refractivity contribution in [3.63, 3.8) is 0 Å². The summed E-state index contributed by atoms with van der Waals surface area (Å²) in [7, 11) is 0. The Kier molecular flexibility index (Phi) is 4.26. The topological polar surface area (TPSA) is 71.2 Å². The highest BCUT2D eigenvalue weighted by Crippen LogP contribution is 2.35. The summed E-state index contributed by atoms with van der Waals surface area (Å²) in [6, 6.07) is 2.65. The Morgan fingerprint density at radius 2 is 2.08 bits per heavy atom. The highest BCUT2D eigenvalue weighted by Gasteiger charge is 2.57. The van der Waals surface area contributed by atoms with Gasteiger partial charge in [0, 0.05) is 30.8 Å². The van der Waals surface area contributed by atoms with Gasteiger partial charge in [-0.05, 0) is 19.1 Å². The lowest BCUT2D eigenvalue weighted by Crippen LogP contribution is -2.57. The van der Waals surface area contributed by atoms with E-state index < -0.39 is 29.4 Å². The van der Waals surface area contributed by atoms with Crippen LogP contribution in [0.3, 0.4) is 0 Å². The third-order valence-corrected chi connectivity index (χ3v) is 4.40. The van der Waals surface area contributed by atoms with Crippen LogP contribution in [0.1, 0.15) is 31.0 Å². The molecule has 0 saturated heterocycles. The monoisotopic (exact) mass is 372 g/mol. The summed E-state index contributed by atoms with van der Waals surface area (Å²) in [5.41, 5.74) is -2.44. The zero-order valence-electron chi connectivity index (χ0n) is 14.0. The molecule has 0 bridgehead atoms. The number of rotatable bonds is 2. The number of alkyl halides is 3. The van der Waals surface area contributed by atoms with E-state index in [4.69, 9.17) is 0 Å². The van der Waals surface area contributed by atoms with Gasteiger partial charge in [0.2, 0.25) is 5.60 Å². The van der Waals surface area contributed by atoms with E-state index in [1.165, 1.54) is 29.2 Å². The van der Waals surface area contributed by atoms with E-state index in [1.807, 2.05) is 0 Å². The molecule has 140 valence electrons. The Morgan fingerprint density at radius 1 is 1.38 bits per heavy atom. The Labute approximate surface area is 146 Å². The number of nitrogens with zero attached hydrogens (tertiary/aromatic N) is 4. The molecule has 1 aliphatic heterocycles. The number of halogens is 4. The van der Waals surface area contributed by atoms with Gasteiger partial charge in [-0.1, -0.05) is 6.92 Å². The van der Waals surface area contributed by atoms with Crippen LogP contribution in [0.4, 0.5) is 17.6 Å². The summed E-state index contributed by atoms with van der Waals surface area (Å²) in [5, 5.41) is 13.7. The zero-order valence-corrected chi connectivity index (χ0v) is 14.0. The van der Waals surface area contributed by atoms with Crippen molar-refractivity contribution in [3.05, 3.63) is 41.6 Å². The summed E-state index contributed by atoms with van der Waals surface area (Å²) < 4.78 is 54.1. The molecule has 0 fully saturated rings. The fourth-order valence-electron chi connectivity index (χ4n) is 3.01. The van der Waals surface area contributed by atoms with Crippen LogP contribution in [0.5, 0.6) is 0 Å². The first-order chi connectivity index (χ1) is 12.0. The zero-order chi connectivity index (χ0) is 19.3. The maximum Gasteiger partial charge on any atom is 0.426 e. The standard InChI is InChI=1S/C16H16F4N4O2/c1-9-7-23(14(25)15(2,26)16(18,19)20)8-10-6-22-24(12(9)10)13-11(17)4-3-5-21-13/h3-6,9,26H,7-8H2,1-2H3/t9-,15?/m0/s1. The van der Waals surface area contributed by atoms with Crippen molar-refractivity contribution in [1.82, 2.24) is 19.7 Å². The van der Waals surface area contributed by atoms with E-state index in [0.29, 0.717) is 18.2 Å². The highest BCUT2D eigenvalue weighted by atomic mass is 19.4. The van der Waals surface area contributed by atoms with Gasteiger partial charge in [-0.3, -0.25) is 4.79 Å². The SMILES string of the molecule is C[C@H]1CN(C(=O)C(C)(O)C(F)(F)F)Cc2cnn(-c3ncccc3F)c21. The molecule has 3 heterocycles. The number of carbonyl (C=O) groups is 1. The first-order valence-corrected chi connectivity index (χ1v) is 7.80. The van der Waals surface area contributed by atoms with Crippen LogP contribution < -0.4 is 0 Å². The molecular weight excluding hydrogens is 356 g/mol. The summed E-state index contributed by atoms with van der Waals surface area (Å²) in [4.78, 5) is 17.1. The molecule has 2 atom stereocenters. The minimum absolute atomic E-state index is 0.0253. The molecule has 10 heteroatoms.